The van der Waals surface area contributed by atoms with Crippen LogP contribution in [0.3, 0.4) is 0 Å². The smallest absolute Gasteiger partial charge is 0.0140 e. The SMILES string of the molecule is C=C/C=C/C=C1/C=C(CN)CC1. The molecule has 0 aliphatic heterocycles. The highest BCUT2D eigenvalue weighted by Gasteiger charge is 2.05. The van der Waals surface area contributed by atoms with Gasteiger partial charge < -0.3 is 5.73 Å². The van der Waals surface area contributed by atoms with Crippen molar-refractivity contribution in [1.29, 1.82) is 0 Å². The standard InChI is InChI=1S/C11H15N/c1-2-3-4-5-10-6-7-11(8-10)9-12/h2-5,8H,1,6-7,9,12H2/b4-3+,10-5+. The number of hydrogen-bond donors (Lipinski definition) is 1. The Hall–Kier alpha value is -1.08. The molecule has 0 aromatic carbocycles. The summed E-state index contributed by atoms with van der Waals surface area (Å²) in [5.41, 5.74) is 8.25. The van der Waals surface area contributed by atoms with Gasteiger partial charge in [0.1, 0.15) is 0 Å². The van der Waals surface area contributed by atoms with E-state index in [4.69, 9.17) is 5.73 Å². The molecule has 1 aliphatic rings. The summed E-state index contributed by atoms with van der Waals surface area (Å²) in [6, 6.07) is 0. The van der Waals surface area contributed by atoms with E-state index in [1.165, 1.54) is 11.1 Å². The van der Waals surface area contributed by atoms with Gasteiger partial charge in [-0.1, -0.05) is 42.5 Å². The van der Waals surface area contributed by atoms with Gasteiger partial charge in [-0.3, -0.25) is 0 Å². The van der Waals surface area contributed by atoms with Crippen LogP contribution in [0.5, 0.6) is 0 Å². The molecule has 0 radical (unpaired) electrons. The van der Waals surface area contributed by atoms with Gasteiger partial charge in [0.05, 0.1) is 0 Å². The minimum atomic E-state index is 0.697. The Morgan fingerprint density at radius 1 is 1.42 bits per heavy atom. The molecule has 0 aromatic heterocycles. The van der Waals surface area contributed by atoms with E-state index in [0.717, 1.165) is 12.8 Å². The molecule has 0 amide bonds. The first-order valence-corrected chi connectivity index (χ1v) is 4.24. The summed E-state index contributed by atoms with van der Waals surface area (Å²) in [5, 5.41) is 0. The Bertz CT molecular complexity index is 244. The van der Waals surface area contributed by atoms with E-state index in [0.29, 0.717) is 6.54 Å². The predicted molar refractivity (Wildman–Crippen MR) is 53.8 cm³/mol. The van der Waals surface area contributed by atoms with Crippen LogP contribution in [0.1, 0.15) is 12.8 Å². The molecule has 2 N–H and O–H groups in total. The van der Waals surface area contributed by atoms with Gasteiger partial charge in [0.25, 0.3) is 0 Å². The van der Waals surface area contributed by atoms with Crippen molar-refractivity contribution < 1.29 is 0 Å². The van der Waals surface area contributed by atoms with E-state index in [1.54, 1.807) is 6.08 Å². The van der Waals surface area contributed by atoms with E-state index in [-0.39, 0.29) is 0 Å². The lowest BCUT2D eigenvalue weighted by atomic mass is 10.2. The second-order valence-corrected chi connectivity index (χ2v) is 2.87. The van der Waals surface area contributed by atoms with Crippen LogP contribution in [0.2, 0.25) is 0 Å². The monoisotopic (exact) mass is 161 g/mol. The van der Waals surface area contributed by atoms with E-state index in [1.807, 2.05) is 12.2 Å². The number of allylic oxidation sites excluding steroid dienone is 6. The number of nitrogens with two attached hydrogens (primary N) is 1. The molecule has 0 unspecified atom stereocenters. The Kier molecular flexibility index (Phi) is 3.55. The Morgan fingerprint density at radius 2 is 2.25 bits per heavy atom. The summed E-state index contributed by atoms with van der Waals surface area (Å²) in [4.78, 5) is 0. The average Bonchev–Trinajstić information content (AvgIpc) is 2.53. The van der Waals surface area contributed by atoms with Crippen LogP contribution in [-0.4, -0.2) is 6.54 Å². The number of hydrogen-bond acceptors (Lipinski definition) is 1. The summed E-state index contributed by atoms with van der Waals surface area (Å²) in [5.74, 6) is 0. The van der Waals surface area contributed by atoms with Crippen LogP contribution in [-0.2, 0) is 0 Å². The third-order valence-corrected chi connectivity index (χ3v) is 1.94. The van der Waals surface area contributed by atoms with Crippen molar-refractivity contribution in [3.8, 4) is 0 Å². The lowest BCUT2D eigenvalue weighted by Crippen LogP contribution is -1.99. The van der Waals surface area contributed by atoms with E-state index >= 15 is 0 Å². The topological polar surface area (TPSA) is 26.0 Å². The van der Waals surface area contributed by atoms with Crippen LogP contribution < -0.4 is 5.73 Å². The van der Waals surface area contributed by atoms with Crippen molar-refractivity contribution in [1.82, 2.24) is 0 Å². The Labute approximate surface area is 74.0 Å². The molecule has 0 heterocycles. The highest BCUT2D eigenvalue weighted by Crippen LogP contribution is 2.22. The molecule has 0 aromatic rings. The molecule has 1 rings (SSSR count). The molecule has 12 heavy (non-hydrogen) atoms. The van der Waals surface area contributed by atoms with Gasteiger partial charge >= 0.3 is 0 Å². The van der Waals surface area contributed by atoms with Gasteiger partial charge in [-0.25, -0.2) is 0 Å². The minimum Gasteiger partial charge on any atom is -0.327 e. The molecule has 0 bridgehead atoms. The highest BCUT2D eigenvalue weighted by atomic mass is 14.5. The fourth-order valence-electron chi connectivity index (χ4n) is 1.26. The van der Waals surface area contributed by atoms with E-state index in [9.17, 15) is 0 Å². The zero-order chi connectivity index (χ0) is 8.81. The summed E-state index contributed by atoms with van der Waals surface area (Å²) in [6.45, 7) is 4.30. The number of rotatable bonds is 3. The van der Waals surface area contributed by atoms with Crippen LogP contribution >= 0.6 is 0 Å². The minimum absolute atomic E-state index is 0.697. The molecule has 0 fully saturated rings. The van der Waals surface area contributed by atoms with Gasteiger partial charge in [0, 0.05) is 6.54 Å². The molecule has 64 valence electrons. The first kappa shape index (κ1) is 9.01. The molecule has 1 heteroatoms. The Morgan fingerprint density at radius 3 is 2.83 bits per heavy atom. The van der Waals surface area contributed by atoms with Crippen molar-refractivity contribution in [2.45, 2.75) is 12.8 Å². The molecular formula is C11H15N. The van der Waals surface area contributed by atoms with Crippen LogP contribution in [0.15, 0.2) is 48.1 Å². The fourth-order valence-corrected chi connectivity index (χ4v) is 1.26. The van der Waals surface area contributed by atoms with Crippen LogP contribution in [0.4, 0.5) is 0 Å². The molecule has 0 saturated heterocycles. The first-order chi connectivity index (χ1) is 5.86. The normalized spacial score (nSPS) is 20.4. The summed E-state index contributed by atoms with van der Waals surface area (Å²) in [7, 11) is 0. The second-order valence-electron chi connectivity index (χ2n) is 2.87. The molecule has 1 aliphatic carbocycles. The molecular weight excluding hydrogens is 146 g/mol. The van der Waals surface area contributed by atoms with Gasteiger partial charge in [0.15, 0.2) is 0 Å². The third kappa shape index (κ3) is 2.51. The second kappa shape index (κ2) is 4.73. The molecule has 0 spiro atoms. The van der Waals surface area contributed by atoms with E-state index < -0.39 is 0 Å². The Balaban J connectivity index is 2.55. The molecule has 0 atom stereocenters. The van der Waals surface area contributed by atoms with Crippen LogP contribution in [0.25, 0.3) is 0 Å². The maximum absolute atomic E-state index is 5.52. The maximum Gasteiger partial charge on any atom is 0.0140 e. The fraction of sp³-hybridized carbons (Fsp3) is 0.273. The molecule has 0 saturated carbocycles. The first-order valence-electron chi connectivity index (χ1n) is 4.24. The van der Waals surface area contributed by atoms with Crippen molar-refractivity contribution in [2.75, 3.05) is 6.54 Å². The van der Waals surface area contributed by atoms with Gasteiger partial charge in [0.2, 0.25) is 0 Å². The quantitative estimate of drug-likeness (QED) is 0.632. The lowest BCUT2D eigenvalue weighted by molar-refractivity contribution is 0.963. The summed E-state index contributed by atoms with van der Waals surface area (Å²) < 4.78 is 0. The van der Waals surface area contributed by atoms with E-state index in [2.05, 4.69) is 18.7 Å². The van der Waals surface area contributed by atoms with Gasteiger partial charge in [-0.05, 0) is 18.4 Å². The average molecular weight is 161 g/mol. The maximum atomic E-state index is 5.52. The predicted octanol–water partition coefficient (Wildman–Crippen LogP) is 2.33. The van der Waals surface area contributed by atoms with Crippen LogP contribution in [0, 0.1) is 0 Å². The highest BCUT2D eigenvalue weighted by molar-refractivity contribution is 5.34. The summed E-state index contributed by atoms with van der Waals surface area (Å²) >= 11 is 0. The largest absolute Gasteiger partial charge is 0.327 e. The lowest BCUT2D eigenvalue weighted by Gasteiger charge is -1.88. The zero-order valence-electron chi connectivity index (χ0n) is 7.29. The van der Waals surface area contributed by atoms with Crippen molar-refractivity contribution in [3.63, 3.8) is 0 Å². The van der Waals surface area contributed by atoms with Gasteiger partial charge in [-0.15, -0.1) is 0 Å². The van der Waals surface area contributed by atoms with Crippen molar-refractivity contribution in [2.24, 2.45) is 5.73 Å². The third-order valence-electron chi connectivity index (χ3n) is 1.94. The van der Waals surface area contributed by atoms with Crippen molar-refractivity contribution >= 4 is 0 Å². The summed E-state index contributed by atoms with van der Waals surface area (Å²) in [6.07, 6.45) is 12.3. The van der Waals surface area contributed by atoms with Gasteiger partial charge in [-0.2, -0.15) is 0 Å². The molecule has 1 nitrogen and oxygen atoms in total. The van der Waals surface area contributed by atoms with Crippen molar-refractivity contribution in [3.05, 3.63) is 48.1 Å². The zero-order valence-corrected chi connectivity index (χ0v) is 7.29.